The first-order valence-electron chi connectivity index (χ1n) is 9.28. The van der Waals surface area contributed by atoms with Crippen LogP contribution in [0.25, 0.3) is 0 Å². The number of nitrogens with one attached hydrogen (secondary N) is 2. The lowest BCUT2D eigenvalue weighted by atomic mass is 9.86. The molecule has 0 spiro atoms. The average molecular weight is 394 g/mol. The van der Waals surface area contributed by atoms with Crippen LogP contribution in [0.3, 0.4) is 0 Å². The van der Waals surface area contributed by atoms with Crippen LogP contribution in [-0.2, 0) is 24.3 Å². The zero-order valence-electron chi connectivity index (χ0n) is 15.7. The molecule has 7 nitrogen and oxygen atoms in total. The van der Waals surface area contributed by atoms with Crippen LogP contribution in [0.5, 0.6) is 0 Å². The number of carbonyl (C=O) groups excluding carboxylic acids is 2. The minimum Gasteiger partial charge on any atom is -0.456 e. The first-order valence-corrected chi connectivity index (χ1v) is 10.8. The van der Waals surface area contributed by atoms with E-state index in [1.165, 1.54) is 32.4 Å². The van der Waals surface area contributed by atoms with Crippen LogP contribution in [-0.4, -0.2) is 33.9 Å². The minimum atomic E-state index is -3.62. The maximum atomic E-state index is 12.0. The summed E-state index contributed by atoms with van der Waals surface area (Å²) in [5.74, 6) is 0.959. The van der Waals surface area contributed by atoms with Crippen LogP contribution >= 0.6 is 0 Å². The number of benzene rings is 1. The number of ether oxygens (including phenoxy) is 1. The van der Waals surface area contributed by atoms with Crippen molar-refractivity contribution in [1.29, 1.82) is 0 Å². The summed E-state index contributed by atoms with van der Waals surface area (Å²) in [5, 5.41) is 2.57. The van der Waals surface area contributed by atoms with E-state index in [0.29, 0.717) is 29.5 Å². The van der Waals surface area contributed by atoms with Gasteiger partial charge in [-0.2, -0.15) is 0 Å². The summed E-state index contributed by atoms with van der Waals surface area (Å²) >= 11 is 0. The van der Waals surface area contributed by atoms with Crippen molar-refractivity contribution in [2.75, 3.05) is 19.0 Å². The van der Waals surface area contributed by atoms with Crippen molar-refractivity contribution in [2.24, 2.45) is 17.8 Å². The molecule has 2 bridgehead atoms. The van der Waals surface area contributed by atoms with Gasteiger partial charge in [0.1, 0.15) is 0 Å². The maximum absolute atomic E-state index is 12.0. The summed E-state index contributed by atoms with van der Waals surface area (Å²) in [6, 6.07) is 4.61. The van der Waals surface area contributed by atoms with Gasteiger partial charge in [-0.3, -0.25) is 9.59 Å². The van der Waals surface area contributed by atoms with Gasteiger partial charge in [0.15, 0.2) is 6.61 Å². The zero-order chi connectivity index (χ0) is 19.6. The third-order valence-electron chi connectivity index (χ3n) is 5.71. The SMILES string of the molecule is CNS(=O)(=O)c1cc(NC(=O)COC(=O)C[C@H]2C[C@H]3CC[C@@H]2C3)ccc1C. The number of hydrogen-bond donors (Lipinski definition) is 2. The number of amides is 1. The van der Waals surface area contributed by atoms with E-state index in [4.69, 9.17) is 4.74 Å². The summed E-state index contributed by atoms with van der Waals surface area (Å²) in [6.45, 7) is 1.30. The lowest BCUT2D eigenvalue weighted by Crippen LogP contribution is -2.24. The summed E-state index contributed by atoms with van der Waals surface area (Å²) in [5.41, 5.74) is 0.906. The molecule has 0 aromatic heterocycles. The molecule has 2 fully saturated rings. The highest BCUT2D eigenvalue weighted by Gasteiger charge is 2.40. The Labute approximate surface area is 159 Å². The van der Waals surface area contributed by atoms with Gasteiger partial charge in [-0.1, -0.05) is 12.5 Å². The van der Waals surface area contributed by atoms with Crippen molar-refractivity contribution in [3.05, 3.63) is 23.8 Å². The molecule has 0 heterocycles. The largest absolute Gasteiger partial charge is 0.456 e. The molecule has 3 rings (SSSR count). The number of carbonyl (C=O) groups is 2. The molecular formula is C19H26N2O5S. The second kappa shape index (κ2) is 7.98. The van der Waals surface area contributed by atoms with E-state index in [1.54, 1.807) is 19.1 Å². The Morgan fingerprint density at radius 3 is 2.63 bits per heavy atom. The van der Waals surface area contributed by atoms with Crippen LogP contribution < -0.4 is 10.0 Å². The van der Waals surface area contributed by atoms with Crippen molar-refractivity contribution in [3.8, 4) is 0 Å². The van der Waals surface area contributed by atoms with Gasteiger partial charge in [-0.15, -0.1) is 0 Å². The molecule has 1 aromatic carbocycles. The summed E-state index contributed by atoms with van der Waals surface area (Å²) in [6.07, 6.45) is 5.18. The highest BCUT2D eigenvalue weighted by atomic mass is 32.2. The van der Waals surface area contributed by atoms with Crippen molar-refractivity contribution in [3.63, 3.8) is 0 Å². The Bertz CT molecular complexity index is 837. The van der Waals surface area contributed by atoms with Crippen molar-refractivity contribution in [2.45, 2.75) is 43.9 Å². The molecule has 0 radical (unpaired) electrons. The summed E-state index contributed by atoms with van der Waals surface area (Å²) in [4.78, 5) is 24.1. The monoisotopic (exact) mass is 394 g/mol. The van der Waals surface area contributed by atoms with Crippen molar-refractivity contribution < 1.29 is 22.7 Å². The first-order chi connectivity index (χ1) is 12.8. The normalized spacial score (nSPS) is 24.0. The van der Waals surface area contributed by atoms with Crippen LogP contribution in [0, 0.1) is 24.7 Å². The summed E-state index contributed by atoms with van der Waals surface area (Å²) < 4.78 is 31.4. The van der Waals surface area contributed by atoms with E-state index in [9.17, 15) is 18.0 Å². The van der Waals surface area contributed by atoms with Gasteiger partial charge >= 0.3 is 5.97 Å². The predicted octanol–water partition coefficient (Wildman–Crippen LogP) is 2.21. The first kappa shape index (κ1) is 19.8. The molecule has 27 heavy (non-hydrogen) atoms. The number of sulfonamides is 1. The van der Waals surface area contributed by atoms with Crippen LogP contribution in [0.15, 0.2) is 23.1 Å². The molecule has 0 aliphatic heterocycles. The number of fused-ring (bicyclic) bond motifs is 2. The van der Waals surface area contributed by atoms with Gasteiger partial charge < -0.3 is 10.1 Å². The molecule has 3 atom stereocenters. The van der Waals surface area contributed by atoms with Crippen molar-refractivity contribution in [1.82, 2.24) is 4.72 Å². The van der Waals surface area contributed by atoms with Crippen molar-refractivity contribution >= 4 is 27.6 Å². The van der Waals surface area contributed by atoms with E-state index < -0.39 is 15.9 Å². The highest BCUT2D eigenvalue weighted by molar-refractivity contribution is 7.89. The Balaban J connectivity index is 1.50. The number of rotatable bonds is 7. The van der Waals surface area contributed by atoms with Crippen LogP contribution in [0.2, 0.25) is 0 Å². The number of hydrogen-bond acceptors (Lipinski definition) is 5. The molecule has 2 aliphatic carbocycles. The molecule has 2 aliphatic rings. The van der Waals surface area contributed by atoms with Gasteiger partial charge in [0.25, 0.3) is 5.91 Å². The topological polar surface area (TPSA) is 102 Å². The molecule has 1 amide bonds. The molecular weight excluding hydrogens is 368 g/mol. The molecule has 148 valence electrons. The quantitative estimate of drug-likeness (QED) is 0.691. The van der Waals surface area contributed by atoms with E-state index >= 15 is 0 Å². The van der Waals surface area contributed by atoms with E-state index in [-0.39, 0.29) is 17.5 Å². The third kappa shape index (κ3) is 4.68. The van der Waals surface area contributed by atoms with Crippen LogP contribution in [0.1, 0.15) is 37.7 Å². The highest BCUT2D eigenvalue weighted by Crippen LogP contribution is 2.49. The molecule has 0 unspecified atom stereocenters. The number of aryl methyl sites for hydroxylation is 1. The number of anilines is 1. The second-order valence-corrected chi connectivity index (χ2v) is 9.39. The lowest BCUT2D eigenvalue weighted by molar-refractivity contribution is -0.148. The average Bonchev–Trinajstić information content (AvgIpc) is 3.24. The Hall–Kier alpha value is -1.93. The standard InChI is InChI=1S/C19H26N2O5S/c1-12-3-6-16(10-17(12)27(24,25)20-2)21-18(22)11-26-19(23)9-15-8-13-4-5-14(15)7-13/h3,6,10,13-15,20H,4-5,7-9,11H2,1-2H3,(H,21,22)/t13-,14+,15+/m0/s1. The third-order valence-corrected chi connectivity index (χ3v) is 7.26. The Kier molecular flexibility index (Phi) is 5.86. The van der Waals surface area contributed by atoms with Gasteiger partial charge in [0.2, 0.25) is 10.0 Å². The predicted molar refractivity (Wildman–Crippen MR) is 101 cm³/mol. The van der Waals surface area contributed by atoms with E-state index in [1.807, 2.05) is 0 Å². The minimum absolute atomic E-state index is 0.0936. The fraction of sp³-hybridized carbons (Fsp3) is 0.579. The summed E-state index contributed by atoms with van der Waals surface area (Å²) in [7, 11) is -2.29. The molecule has 0 saturated heterocycles. The maximum Gasteiger partial charge on any atom is 0.306 e. The van der Waals surface area contributed by atoms with Gasteiger partial charge in [-0.05, 0) is 68.7 Å². The van der Waals surface area contributed by atoms with Gasteiger partial charge in [0.05, 0.1) is 4.90 Å². The van der Waals surface area contributed by atoms with Gasteiger partial charge in [-0.25, -0.2) is 13.1 Å². The van der Waals surface area contributed by atoms with E-state index in [2.05, 4.69) is 10.0 Å². The zero-order valence-corrected chi connectivity index (χ0v) is 16.5. The Morgan fingerprint density at radius 1 is 1.22 bits per heavy atom. The lowest BCUT2D eigenvalue weighted by Gasteiger charge is -2.20. The van der Waals surface area contributed by atoms with E-state index in [0.717, 1.165) is 12.3 Å². The fourth-order valence-electron chi connectivity index (χ4n) is 4.32. The fourth-order valence-corrected chi connectivity index (χ4v) is 5.31. The smallest absolute Gasteiger partial charge is 0.306 e. The second-order valence-electron chi connectivity index (χ2n) is 7.54. The van der Waals surface area contributed by atoms with Crippen LogP contribution in [0.4, 0.5) is 5.69 Å². The molecule has 2 saturated carbocycles. The molecule has 2 N–H and O–H groups in total. The number of esters is 1. The molecule has 8 heteroatoms. The van der Waals surface area contributed by atoms with Gasteiger partial charge in [0, 0.05) is 12.1 Å². The Morgan fingerprint density at radius 2 is 2.00 bits per heavy atom. The molecule has 1 aromatic rings.